The van der Waals surface area contributed by atoms with Gasteiger partial charge >= 0.3 is 5.97 Å². The Morgan fingerprint density at radius 1 is 1.39 bits per heavy atom. The van der Waals surface area contributed by atoms with Crippen molar-refractivity contribution in [3.05, 3.63) is 35.4 Å². The second-order valence-corrected chi connectivity index (χ2v) is 5.61. The topological polar surface area (TPSA) is 46.5 Å². The second-order valence-electron chi connectivity index (χ2n) is 5.61. The average Bonchev–Trinajstić information content (AvgIpc) is 2.83. The van der Waals surface area contributed by atoms with E-state index in [-0.39, 0.29) is 6.10 Å². The van der Waals surface area contributed by atoms with Gasteiger partial charge in [-0.3, -0.25) is 4.79 Å². The lowest BCUT2D eigenvalue weighted by Crippen LogP contribution is -2.26. The molecule has 0 aromatic heterocycles. The van der Waals surface area contributed by atoms with Gasteiger partial charge in [0.05, 0.1) is 11.5 Å². The van der Waals surface area contributed by atoms with Crippen molar-refractivity contribution in [2.45, 2.75) is 39.2 Å². The molecule has 0 amide bonds. The number of ether oxygens (including phenoxy) is 1. The second kappa shape index (κ2) is 5.11. The number of benzene rings is 1. The van der Waals surface area contributed by atoms with Crippen LogP contribution in [0.5, 0.6) is 0 Å². The first-order chi connectivity index (χ1) is 8.49. The Balaban J connectivity index is 2.05. The van der Waals surface area contributed by atoms with E-state index in [0.717, 1.165) is 25.0 Å². The molecule has 1 fully saturated rings. The normalized spacial score (nSPS) is 20.0. The minimum Gasteiger partial charge on any atom is -0.481 e. The average molecular weight is 248 g/mol. The van der Waals surface area contributed by atoms with Crippen molar-refractivity contribution in [1.29, 1.82) is 0 Å². The Hall–Kier alpha value is -1.35. The Morgan fingerprint density at radius 3 is 2.56 bits per heavy atom. The number of aliphatic carboxylic acids is 1. The van der Waals surface area contributed by atoms with Gasteiger partial charge < -0.3 is 9.84 Å². The SMILES string of the molecule is CC(C)(Cc1ccc(C2CCCO2)cc1)C(=O)O. The van der Waals surface area contributed by atoms with E-state index in [4.69, 9.17) is 9.84 Å². The summed E-state index contributed by atoms with van der Waals surface area (Å²) in [5.41, 5.74) is 1.54. The van der Waals surface area contributed by atoms with E-state index in [1.54, 1.807) is 13.8 Å². The van der Waals surface area contributed by atoms with E-state index >= 15 is 0 Å². The Bertz CT molecular complexity index is 414. The molecule has 1 N–H and O–H groups in total. The van der Waals surface area contributed by atoms with Gasteiger partial charge in [0, 0.05) is 6.61 Å². The van der Waals surface area contributed by atoms with Gasteiger partial charge in [-0.05, 0) is 44.2 Å². The molecule has 3 nitrogen and oxygen atoms in total. The molecule has 1 aliphatic heterocycles. The quantitative estimate of drug-likeness (QED) is 0.890. The molecule has 0 aliphatic carbocycles. The molecule has 0 bridgehead atoms. The minimum absolute atomic E-state index is 0.228. The van der Waals surface area contributed by atoms with Crippen molar-refractivity contribution >= 4 is 5.97 Å². The summed E-state index contributed by atoms with van der Waals surface area (Å²) < 4.78 is 5.62. The Morgan fingerprint density at radius 2 is 2.06 bits per heavy atom. The summed E-state index contributed by atoms with van der Waals surface area (Å²) in [6, 6.07) is 8.15. The molecule has 0 radical (unpaired) electrons. The van der Waals surface area contributed by atoms with Crippen molar-refractivity contribution < 1.29 is 14.6 Å². The summed E-state index contributed by atoms with van der Waals surface area (Å²) in [4.78, 5) is 11.1. The monoisotopic (exact) mass is 248 g/mol. The largest absolute Gasteiger partial charge is 0.481 e. The molecular weight excluding hydrogens is 228 g/mol. The van der Waals surface area contributed by atoms with Crippen molar-refractivity contribution in [1.82, 2.24) is 0 Å². The molecule has 1 aromatic carbocycles. The van der Waals surface area contributed by atoms with Gasteiger partial charge in [0.15, 0.2) is 0 Å². The fourth-order valence-corrected chi connectivity index (χ4v) is 2.28. The van der Waals surface area contributed by atoms with Gasteiger partial charge in [-0.2, -0.15) is 0 Å². The molecule has 1 saturated heterocycles. The van der Waals surface area contributed by atoms with E-state index in [2.05, 4.69) is 12.1 Å². The van der Waals surface area contributed by atoms with E-state index in [0.29, 0.717) is 6.42 Å². The summed E-state index contributed by atoms with van der Waals surface area (Å²) in [6.07, 6.45) is 2.98. The number of hydrogen-bond acceptors (Lipinski definition) is 2. The molecule has 1 atom stereocenters. The number of hydrogen-bond donors (Lipinski definition) is 1. The number of carbonyl (C=O) groups is 1. The van der Waals surface area contributed by atoms with Crippen LogP contribution in [0.15, 0.2) is 24.3 Å². The highest BCUT2D eigenvalue weighted by Crippen LogP contribution is 2.29. The third-order valence-corrected chi connectivity index (χ3v) is 3.51. The van der Waals surface area contributed by atoms with Gasteiger partial charge in [-0.1, -0.05) is 24.3 Å². The lowest BCUT2D eigenvalue weighted by Gasteiger charge is -2.19. The highest BCUT2D eigenvalue weighted by Gasteiger charge is 2.27. The predicted octanol–water partition coefficient (Wildman–Crippen LogP) is 3.19. The maximum atomic E-state index is 11.1. The van der Waals surface area contributed by atoms with Gasteiger partial charge in [-0.25, -0.2) is 0 Å². The highest BCUT2D eigenvalue weighted by atomic mass is 16.5. The third-order valence-electron chi connectivity index (χ3n) is 3.51. The molecule has 98 valence electrons. The molecule has 18 heavy (non-hydrogen) atoms. The number of carboxylic acid groups (broad SMARTS) is 1. The lowest BCUT2D eigenvalue weighted by molar-refractivity contribution is -0.146. The van der Waals surface area contributed by atoms with Gasteiger partial charge in [0.25, 0.3) is 0 Å². The first-order valence-electron chi connectivity index (χ1n) is 6.43. The highest BCUT2D eigenvalue weighted by molar-refractivity contribution is 5.74. The van der Waals surface area contributed by atoms with Crippen molar-refractivity contribution in [3.8, 4) is 0 Å². The minimum atomic E-state index is -0.759. The van der Waals surface area contributed by atoms with Gasteiger partial charge in [-0.15, -0.1) is 0 Å². The third kappa shape index (κ3) is 2.91. The van der Waals surface area contributed by atoms with Crippen LogP contribution in [-0.2, 0) is 16.0 Å². The molecule has 0 spiro atoms. The molecule has 1 aliphatic rings. The summed E-state index contributed by atoms with van der Waals surface area (Å²) in [5, 5.41) is 9.11. The molecule has 1 unspecified atom stereocenters. The Labute approximate surface area is 108 Å². The summed E-state index contributed by atoms with van der Waals surface area (Å²) in [7, 11) is 0. The van der Waals surface area contributed by atoms with Crippen LogP contribution < -0.4 is 0 Å². The van der Waals surface area contributed by atoms with Crippen LogP contribution >= 0.6 is 0 Å². The number of carboxylic acids is 1. The van der Waals surface area contributed by atoms with Crippen LogP contribution in [0, 0.1) is 5.41 Å². The van der Waals surface area contributed by atoms with E-state index in [9.17, 15) is 4.79 Å². The fourth-order valence-electron chi connectivity index (χ4n) is 2.28. The standard InChI is InChI=1S/C15H20O3/c1-15(2,14(16)17)10-11-5-7-12(8-6-11)13-4-3-9-18-13/h5-8,13H,3-4,9-10H2,1-2H3,(H,16,17). The van der Waals surface area contributed by atoms with Crippen molar-refractivity contribution in [2.24, 2.45) is 5.41 Å². The summed E-state index contributed by atoms with van der Waals surface area (Å²) in [5.74, 6) is -0.759. The zero-order valence-electron chi connectivity index (χ0n) is 11.0. The first kappa shape index (κ1) is 13.1. The van der Waals surface area contributed by atoms with E-state index < -0.39 is 11.4 Å². The van der Waals surface area contributed by atoms with E-state index in [1.165, 1.54) is 5.56 Å². The fraction of sp³-hybridized carbons (Fsp3) is 0.533. The summed E-state index contributed by atoms with van der Waals surface area (Å²) in [6.45, 7) is 4.35. The molecule has 0 saturated carbocycles. The van der Waals surface area contributed by atoms with Crippen LogP contribution in [0.2, 0.25) is 0 Å². The van der Waals surface area contributed by atoms with Crippen LogP contribution in [0.3, 0.4) is 0 Å². The maximum Gasteiger partial charge on any atom is 0.309 e. The zero-order valence-corrected chi connectivity index (χ0v) is 11.0. The van der Waals surface area contributed by atoms with E-state index in [1.807, 2.05) is 12.1 Å². The van der Waals surface area contributed by atoms with Gasteiger partial charge in [0.1, 0.15) is 0 Å². The molecule has 1 heterocycles. The maximum absolute atomic E-state index is 11.1. The van der Waals surface area contributed by atoms with Crippen molar-refractivity contribution in [3.63, 3.8) is 0 Å². The number of rotatable bonds is 4. The predicted molar refractivity (Wildman–Crippen MR) is 69.5 cm³/mol. The van der Waals surface area contributed by atoms with Crippen LogP contribution in [-0.4, -0.2) is 17.7 Å². The Kier molecular flexibility index (Phi) is 3.71. The molecular formula is C15H20O3. The van der Waals surface area contributed by atoms with Crippen LogP contribution in [0.25, 0.3) is 0 Å². The zero-order chi connectivity index (χ0) is 13.2. The summed E-state index contributed by atoms with van der Waals surface area (Å²) >= 11 is 0. The molecule has 1 aromatic rings. The van der Waals surface area contributed by atoms with Gasteiger partial charge in [0.2, 0.25) is 0 Å². The van der Waals surface area contributed by atoms with Crippen LogP contribution in [0.4, 0.5) is 0 Å². The van der Waals surface area contributed by atoms with Crippen LogP contribution in [0.1, 0.15) is 43.9 Å². The van der Waals surface area contributed by atoms with Crippen molar-refractivity contribution in [2.75, 3.05) is 6.61 Å². The molecule has 3 heteroatoms. The molecule has 2 rings (SSSR count). The first-order valence-corrected chi connectivity index (χ1v) is 6.43. The lowest BCUT2D eigenvalue weighted by atomic mass is 9.85. The smallest absolute Gasteiger partial charge is 0.309 e.